The van der Waals surface area contributed by atoms with Crippen molar-refractivity contribution >= 4 is 17.5 Å². The molecule has 0 aliphatic heterocycles. The van der Waals surface area contributed by atoms with Gasteiger partial charge in [0, 0.05) is 0 Å². The number of carbonyl (C=O) groups excluding carboxylic acids is 1. The summed E-state index contributed by atoms with van der Waals surface area (Å²) in [4.78, 5) is 12.2. The maximum Gasteiger partial charge on any atom is 0.243 e. The van der Waals surface area contributed by atoms with Crippen LogP contribution in [0.15, 0.2) is 54.6 Å². The number of aryl methyl sites for hydroxylation is 1. The first-order valence-electron chi connectivity index (χ1n) is 6.64. The van der Waals surface area contributed by atoms with Crippen LogP contribution in [0.3, 0.4) is 0 Å². The number of carbonyl (C=O) groups is 1. The largest absolute Gasteiger partial charge is 0.348 e. The lowest BCUT2D eigenvalue weighted by Crippen LogP contribution is -2.30. The molecule has 2 atom stereocenters. The Balaban J connectivity index is 2.07. The van der Waals surface area contributed by atoms with E-state index in [1.54, 1.807) is 0 Å². The molecule has 1 N–H and O–H groups in total. The van der Waals surface area contributed by atoms with Gasteiger partial charge in [-0.05, 0) is 30.5 Å². The van der Waals surface area contributed by atoms with Gasteiger partial charge in [0.05, 0.1) is 6.04 Å². The van der Waals surface area contributed by atoms with E-state index >= 15 is 0 Å². The molecule has 0 fully saturated rings. The minimum atomic E-state index is -0.664. The SMILES string of the molecule is Cc1ccccc1C(C)NC(=O)C(Cl)c1ccccc1. The average Bonchev–Trinajstić information content (AvgIpc) is 2.47. The highest BCUT2D eigenvalue weighted by atomic mass is 35.5. The third-order valence-electron chi connectivity index (χ3n) is 3.34. The van der Waals surface area contributed by atoms with Crippen molar-refractivity contribution in [3.05, 3.63) is 71.3 Å². The minimum absolute atomic E-state index is 0.0614. The lowest BCUT2D eigenvalue weighted by atomic mass is 10.0. The van der Waals surface area contributed by atoms with Crippen LogP contribution in [0, 0.1) is 6.92 Å². The van der Waals surface area contributed by atoms with Gasteiger partial charge in [0.15, 0.2) is 0 Å². The van der Waals surface area contributed by atoms with E-state index in [1.165, 1.54) is 0 Å². The van der Waals surface area contributed by atoms with Crippen LogP contribution >= 0.6 is 11.6 Å². The average molecular weight is 288 g/mol. The zero-order valence-electron chi connectivity index (χ0n) is 11.6. The summed E-state index contributed by atoms with van der Waals surface area (Å²) in [5.74, 6) is -0.173. The van der Waals surface area contributed by atoms with Gasteiger partial charge >= 0.3 is 0 Å². The number of nitrogens with one attached hydrogen (secondary N) is 1. The zero-order chi connectivity index (χ0) is 14.5. The predicted molar refractivity (Wildman–Crippen MR) is 82.8 cm³/mol. The number of rotatable bonds is 4. The van der Waals surface area contributed by atoms with Crippen LogP contribution in [0.4, 0.5) is 0 Å². The van der Waals surface area contributed by atoms with Gasteiger partial charge in [-0.25, -0.2) is 0 Å². The first-order chi connectivity index (χ1) is 9.59. The molecule has 0 radical (unpaired) electrons. The Morgan fingerprint density at radius 2 is 1.65 bits per heavy atom. The Morgan fingerprint density at radius 1 is 1.05 bits per heavy atom. The molecule has 2 rings (SSSR count). The van der Waals surface area contributed by atoms with Crippen molar-refractivity contribution in [3.63, 3.8) is 0 Å². The van der Waals surface area contributed by atoms with E-state index in [-0.39, 0.29) is 11.9 Å². The van der Waals surface area contributed by atoms with Gasteiger partial charge in [-0.15, -0.1) is 11.6 Å². The summed E-state index contributed by atoms with van der Waals surface area (Å²) in [6.07, 6.45) is 0. The summed E-state index contributed by atoms with van der Waals surface area (Å²) >= 11 is 6.22. The normalized spacial score (nSPS) is 13.6. The summed E-state index contributed by atoms with van der Waals surface area (Å²) in [5, 5.41) is 2.30. The third-order valence-corrected chi connectivity index (χ3v) is 3.79. The highest BCUT2D eigenvalue weighted by molar-refractivity contribution is 6.30. The molecule has 0 aromatic heterocycles. The molecule has 20 heavy (non-hydrogen) atoms. The van der Waals surface area contributed by atoms with Crippen LogP contribution in [0.25, 0.3) is 0 Å². The minimum Gasteiger partial charge on any atom is -0.348 e. The Bertz CT molecular complexity index is 583. The molecule has 2 aromatic rings. The summed E-state index contributed by atoms with van der Waals surface area (Å²) < 4.78 is 0. The quantitative estimate of drug-likeness (QED) is 0.841. The first kappa shape index (κ1) is 14.6. The molecule has 2 unspecified atom stereocenters. The number of benzene rings is 2. The maximum absolute atomic E-state index is 12.2. The zero-order valence-corrected chi connectivity index (χ0v) is 12.4. The fourth-order valence-electron chi connectivity index (χ4n) is 2.21. The molecule has 104 valence electrons. The van der Waals surface area contributed by atoms with E-state index in [2.05, 4.69) is 5.32 Å². The second-order valence-electron chi connectivity index (χ2n) is 4.86. The van der Waals surface area contributed by atoms with E-state index in [4.69, 9.17) is 11.6 Å². The van der Waals surface area contributed by atoms with Gasteiger partial charge in [-0.2, -0.15) is 0 Å². The molecule has 0 aliphatic carbocycles. The molecule has 3 heteroatoms. The summed E-state index contributed by atoms with van der Waals surface area (Å²) in [6.45, 7) is 4.00. The Labute approximate surface area is 124 Å². The second-order valence-corrected chi connectivity index (χ2v) is 5.30. The molecule has 0 spiro atoms. The highest BCUT2D eigenvalue weighted by Gasteiger charge is 2.20. The van der Waals surface area contributed by atoms with Crippen molar-refractivity contribution in [2.24, 2.45) is 0 Å². The predicted octanol–water partition coefficient (Wildman–Crippen LogP) is 4.15. The second kappa shape index (κ2) is 6.58. The Kier molecular flexibility index (Phi) is 4.80. The molecule has 2 aromatic carbocycles. The lowest BCUT2D eigenvalue weighted by molar-refractivity contribution is -0.121. The van der Waals surface area contributed by atoms with Crippen LogP contribution in [0.5, 0.6) is 0 Å². The van der Waals surface area contributed by atoms with Crippen molar-refractivity contribution < 1.29 is 4.79 Å². The topological polar surface area (TPSA) is 29.1 Å². The molecular formula is C17H18ClNO. The van der Waals surface area contributed by atoms with E-state index < -0.39 is 5.38 Å². The molecule has 2 nitrogen and oxygen atoms in total. The van der Waals surface area contributed by atoms with Gasteiger partial charge in [-0.1, -0.05) is 54.6 Å². The molecule has 0 saturated heterocycles. The molecule has 0 heterocycles. The van der Waals surface area contributed by atoms with Crippen molar-refractivity contribution in [1.82, 2.24) is 5.32 Å². The fourth-order valence-corrected chi connectivity index (χ4v) is 2.42. The monoisotopic (exact) mass is 287 g/mol. The summed E-state index contributed by atoms with van der Waals surface area (Å²) in [6, 6.07) is 17.3. The van der Waals surface area contributed by atoms with Gasteiger partial charge in [0.25, 0.3) is 0 Å². The molecule has 0 saturated carbocycles. The summed E-state index contributed by atoms with van der Waals surface area (Å²) in [5.41, 5.74) is 3.08. The van der Waals surface area contributed by atoms with Crippen LogP contribution in [-0.2, 0) is 4.79 Å². The van der Waals surface area contributed by atoms with E-state index in [9.17, 15) is 4.79 Å². The van der Waals surface area contributed by atoms with Gasteiger partial charge in [-0.3, -0.25) is 4.79 Å². The van der Waals surface area contributed by atoms with Gasteiger partial charge < -0.3 is 5.32 Å². The van der Waals surface area contributed by atoms with Crippen molar-refractivity contribution in [2.45, 2.75) is 25.3 Å². The van der Waals surface area contributed by atoms with Crippen molar-refractivity contribution in [1.29, 1.82) is 0 Å². The number of amides is 1. The first-order valence-corrected chi connectivity index (χ1v) is 7.08. The molecular weight excluding hydrogens is 270 g/mol. The maximum atomic E-state index is 12.2. The summed E-state index contributed by atoms with van der Waals surface area (Å²) in [7, 11) is 0. The van der Waals surface area contributed by atoms with E-state index in [0.29, 0.717) is 0 Å². The van der Waals surface area contributed by atoms with E-state index in [0.717, 1.165) is 16.7 Å². The fraction of sp³-hybridized carbons (Fsp3) is 0.235. The van der Waals surface area contributed by atoms with Crippen LogP contribution in [-0.4, -0.2) is 5.91 Å². The Hall–Kier alpha value is -1.80. The number of halogens is 1. The van der Waals surface area contributed by atoms with Gasteiger partial charge in [0.2, 0.25) is 5.91 Å². The van der Waals surface area contributed by atoms with E-state index in [1.807, 2.05) is 68.4 Å². The Morgan fingerprint density at radius 3 is 2.30 bits per heavy atom. The van der Waals surface area contributed by atoms with Crippen molar-refractivity contribution in [3.8, 4) is 0 Å². The van der Waals surface area contributed by atoms with Gasteiger partial charge in [0.1, 0.15) is 5.38 Å². The number of alkyl halides is 1. The molecule has 1 amide bonds. The number of hydrogen-bond acceptors (Lipinski definition) is 1. The molecule has 0 aliphatic rings. The van der Waals surface area contributed by atoms with Crippen LogP contribution in [0.1, 0.15) is 35.0 Å². The number of hydrogen-bond donors (Lipinski definition) is 1. The van der Waals surface area contributed by atoms with Crippen molar-refractivity contribution in [2.75, 3.05) is 0 Å². The lowest BCUT2D eigenvalue weighted by Gasteiger charge is -2.18. The molecule has 0 bridgehead atoms. The van der Waals surface area contributed by atoms with Crippen LogP contribution in [0.2, 0.25) is 0 Å². The van der Waals surface area contributed by atoms with Crippen LogP contribution < -0.4 is 5.32 Å². The third kappa shape index (κ3) is 3.40. The smallest absolute Gasteiger partial charge is 0.243 e. The standard InChI is InChI=1S/C17H18ClNO/c1-12-8-6-7-11-15(12)13(2)19-17(20)16(18)14-9-4-3-5-10-14/h3-11,13,16H,1-2H3,(H,19,20). The highest BCUT2D eigenvalue weighted by Crippen LogP contribution is 2.23.